The monoisotopic (exact) mass is 271 g/mol. The Labute approximate surface area is 115 Å². The topological polar surface area (TPSA) is 75.4 Å². The van der Waals surface area contributed by atoms with E-state index in [2.05, 4.69) is 5.10 Å². The van der Waals surface area contributed by atoms with E-state index in [9.17, 15) is 9.59 Å². The maximum atomic E-state index is 12.3. The van der Waals surface area contributed by atoms with Gasteiger partial charge in [-0.15, -0.1) is 0 Å². The Hall–Kier alpha value is -2.63. The summed E-state index contributed by atoms with van der Waals surface area (Å²) in [6.45, 7) is 1.00. The number of aromatic carboxylic acids is 1. The van der Waals surface area contributed by atoms with Crippen LogP contribution in [0.3, 0.4) is 0 Å². The molecule has 0 unspecified atom stereocenters. The third-order valence-electron chi connectivity index (χ3n) is 3.39. The van der Waals surface area contributed by atoms with Gasteiger partial charge in [0, 0.05) is 19.5 Å². The van der Waals surface area contributed by atoms with Crippen molar-refractivity contribution in [2.45, 2.75) is 13.0 Å². The fraction of sp³-hybridized carbons (Fsp3) is 0.214. The smallest absolute Gasteiger partial charge is 0.345 e. The van der Waals surface area contributed by atoms with Gasteiger partial charge in [-0.05, 0) is 5.56 Å². The largest absolute Gasteiger partial charge is 0.478 e. The van der Waals surface area contributed by atoms with Crippen LogP contribution in [0.5, 0.6) is 0 Å². The zero-order chi connectivity index (χ0) is 14.1. The first-order valence-electron chi connectivity index (χ1n) is 6.30. The predicted molar refractivity (Wildman–Crippen MR) is 70.5 cm³/mol. The van der Waals surface area contributed by atoms with Gasteiger partial charge in [-0.1, -0.05) is 30.3 Å². The third kappa shape index (κ3) is 2.05. The molecule has 0 radical (unpaired) electrons. The average molecular weight is 271 g/mol. The molecular formula is C14H13N3O3. The molecule has 1 aromatic heterocycles. The van der Waals surface area contributed by atoms with Gasteiger partial charge < -0.3 is 10.0 Å². The van der Waals surface area contributed by atoms with Crippen molar-refractivity contribution in [1.29, 1.82) is 0 Å². The predicted octanol–water partition coefficient (Wildman–Crippen LogP) is 1.61. The Morgan fingerprint density at radius 1 is 1.30 bits per heavy atom. The molecule has 20 heavy (non-hydrogen) atoms. The molecule has 0 saturated carbocycles. The number of benzene rings is 1. The Balaban J connectivity index is 1.85. The summed E-state index contributed by atoms with van der Waals surface area (Å²) in [4.78, 5) is 25.0. The first-order valence-corrected chi connectivity index (χ1v) is 6.30. The van der Waals surface area contributed by atoms with E-state index in [0.717, 1.165) is 5.56 Å². The van der Waals surface area contributed by atoms with Crippen LogP contribution in [0.25, 0.3) is 0 Å². The van der Waals surface area contributed by atoms with Crippen LogP contribution in [0.1, 0.15) is 21.6 Å². The quantitative estimate of drug-likeness (QED) is 0.920. The van der Waals surface area contributed by atoms with Gasteiger partial charge in [-0.25, -0.2) is 9.59 Å². The van der Waals surface area contributed by atoms with Crippen LogP contribution in [0, 0.1) is 0 Å². The summed E-state index contributed by atoms with van der Waals surface area (Å²) in [5.41, 5.74) is 1.62. The Kier molecular flexibility index (Phi) is 2.98. The number of hydrogen-bond donors (Lipinski definition) is 1. The van der Waals surface area contributed by atoms with Crippen LogP contribution >= 0.6 is 0 Å². The van der Waals surface area contributed by atoms with E-state index in [1.807, 2.05) is 30.3 Å². The summed E-state index contributed by atoms with van der Waals surface area (Å²) in [5.74, 6) is -1.05. The molecule has 0 atom stereocenters. The Morgan fingerprint density at radius 3 is 2.75 bits per heavy atom. The van der Waals surface area contributed by atoms with Gasteiger partial charge in [0.2, 0.25) is 0 Å². The fourth-order valence-corrected chi connectivity index (χ4v) is 2.38. The molecule has 0 saturated heterocycles. The van der Waals surface area contributed by atoms with Crippen LogP contribution in [0.2, 0.25) is 0 Å². The molecule has 1 aliphatic rings. The van der Waals surface area contributed by atoms with Crippen LogP contribution in [0.15, 0.2) is 36.5 Å². The Bertz CT molecular complexity index is 664. The van der Waals surface area contributed by atoms with Crippen molar-refractivity contribution >= 4 is 12.0 Å². The summed E-state index contributed by atoms with van der Waals surface area (Å²) < 4.78 is 1.19. The van der Waals surface area contributed by atoms with Gasteiger partial charge in [-0.2, -0.15) is 9.78 Å². The van der Waals surface area contributed by atoms with Crippen LogP contribution < -0.4 is 0 Å². The SMILES string of the molecule is O=C(O)c1cnn2c1CCN(Cc1ccccc1)C2=O. The average Bonchev–Trinajstić information content (AvgIpc) is 2.88. The highest BCUT2D eigenvalue weighted by molar-refractivity contribution is 5.91. The minimum absolute atomic E-state index is 0.109. The van der Waals surface area contributed by atoms with Gasteiger partial charge in [0.25, 0.3) is 0 Å². The third-order valence-corrected chi connectivity index (χ3v) is 3.39. The second-order valence-electron chi connectivity index (χ2n) is 4.66. The molecule has 3 rings (SSSR count). The molecule has 0 aliphatic carbocycles. The molecule has 0 spiro atoms. The first-order chi connectivity index (χ1) is 9.66. The van der Waals surface area contributed by atoms with Gasteiger partial charge in [-0.3, -0.25) is 0 Å². The highest BCUT2D eigenvalue weighted by Crippen LogP contribution is 2.18. The normalized spacial score (nSPS) is 14.2. The zero-order valence-corrected chi connectivity index (χ0v) is 10.7. The maximum Gasteiger partial charge on any atom is 0.345 e. The fourth-order valence-electron chi connectivity index (χ4n) is 2.38. The lowest BCUT2D eigenvalue weighted by atomic mass is 10.1. The number of fused-ring (bicyclic) bond motifs is 1. The van der Waals surface area contributed by atoms with Crippen molar-refractivity contribution < 1.29 is 14.7 Å². The molecule has 102 valence electrons. The van der Waals surface area contributed by atoms with Crippen molar-refractivity contribution in [1.82, 2.24) is 14.7 Å². The van der Waals surface area contributed by atoms with Gasteiger partial charge >= 0.3 is 12.0 Å². The number of carbonyl (C=O) groups excluding carboxylic acids is 1. The summed E-state index contributed by atoms with van der Waals surface area (Å²) in [7, 11) is 0. The number of carboxylic acids is 1. The number of nitrogens with zero attached hydrogens (tertiary/aromatic N) is 3. The molecule has 1 amide bonds. The van der Waals surface area contributed by atoms with E-state index in [4.69, 9.17) is 5.11 Å². The molecule has 1 aromatic carbocycles. The van der Waals surface area contributed by atoms with Crippen molar-refractivity contribution in [2.75, 3.05) is 6.54 Å². The highest BCUT2D eigenvalue weighted by atomic mass is 16.4. The van der Waals surface area contributed by atoms with Gasteiger partial charge in [0.05, 0.1) is 11.9 Å². The maximum absolute atomic E-state index is 12.3. The summed E-state index contributed by atoms with van der Waals surface area (Å²) in [6, 6.07) is 9.40. The molecule has 1 aliphatic heterocycles. The lowest BCUT2D eigenvalue weighted by molar-refractivity contribution is 0.0695. The number of amides is 1. The zero-order valence-electron chi connectivity index (χ0n) is 10.7. The molecule has 2 aromatic rings. The van der Waals surface area contributed by atoms with Crippen molar-refractivity contribution in [3.8, 4) is 0 Å². The van der Waals surface area contributed by atoms with Gasteiger partial charge in [0.15, 0.2) is 0 Å². The minimum atomic E-state index is -1.05. The van der Waals surface area contributed by atoms with Crippen molar-refractivity contribution in [3.05, 3.63) is 53.3 Å². The number of aromatic nitrogens is 2. The van der Waals surface area contributed by atoms with E-state index < -0.39 is 5.97 Å². The molecule has 6 heteroatoms. The second kappa shape index (κ2) is 4.80. The molecule has 0 fully saturated rings. The van der Waals surface area contributed by atoms with E-state index in [1.54, 1.807) is 4.90 Å². The molecule has 6 nitrogen and oxygen atoms in total. The lowest BCUT2D eigenvalue weighted by Crippen LogP contribution is -2.41. The Morgan fingerprint density at radius 2 is 2.05 bits per heavy atom. The number of carboxylic acid groups (broad SMARTS) is 1. The summed E-state index contributed by atoms with van der Waals surface area (Å²) >= 11 is 0. The van der Waals surface area contributed by atoms with E-state index in [0.29, 0.717) is 25.2 Å². The van der Waals surface area contributed by atoms with Gasteiger partial charge in [0.1, 0.15) is 5.56 Å². The standard InChI is InChI=1S/C14H13N3O3/c18-13(19)11-8-15-17-12(11)6-7-16(14(17)20)9-10-4-2-1-3-5-10/h1-5,8H,6-7,9H2,(H,18,19). The number of hydrogen-bond acceptors (Lipinski definition) is 3. The molecule has 0 bridgehead atoms. The van der Waals surface area contributed by atoms with E-state index in [-0.39, 0.29) is 11.6 Å². The summed E-state index contributed by atoms with van der Waals surface area (Å²) in [5, 5.41) is 12.9. The number of carbonyl (C=O) groups is 2. The molecule has 2 heterocycles. The highest BCUT2D eigenvalue weighted by Gasteiger charge is 2.29. The van der Waals surface area contributed by atoms with Crippen LogP contribution in [-0.4, -0.2) is 38.3 Å². The second-order valence-corrected chi connectivity index (χ2v) is 4.66. The molecular weight excluding hydrogens is 258 g/mol. The lowest BCUT2D eigenvalue weighted by Gasteiger charge is -2.27. The van der Waals surface area contributed by atoms with E-state index >= 15 is 0 Å². The first kappa shape index (κ1) is 12.4. The van der Waals surface area contributed by atoms with E-state index in [1.165, 1.54) is 10.9 Å². The number of rotatable bonds is 3. The molecule has 1 N–H and O–H groups in total. The van der Waals surface area contributed by atoms with Crippen LogP contribution in [-0.2, 0) is 13.0 Å². The van der Waals surface area contributed by atoms with Crippen molar-refractivity contribution in [3.63, 3.8) is 0 Å². The van der Waals surface area contributed by atoms with Crippen molar-refractivity contribution in [2.24, 2.45) is 0 Å². The minimum Gasteiger partial charge on any atom is -0.478 e. The van der Waals surface area contributed by atoms with Crippen LogP contribution in [0.4, 0.5) is 4.79 Å². The summed E-state index contributed by atoms with van der Waals surface area (Å²) in [6.07, 6.45) is 1.74.